The molecule has 4 aliphatic carbocycles. The van der Waals surface area contributed by atoms with Crippen LogP contribution in [0.25, 0.3) is 10.8 Å². The van der Waals surface area contributed by atoms with E-state index in [-0.39, 0.29) is 18.0 Å². The number of hydrogen-bond donors (Lipinski definition) is 1. The summed E-state index contributed by atoms with van der Waals surface area (Å²) < 4.78 is 5.62. The zero-order valence-corrected chi connectivity index (χ0v) is 19.5. The van der Waals surface area contributed by atoms with Gasteiger partial charge in [0, 0.05) is 0 Å². The largest absolute Gasteiger partial charge is 0.478 e. The van der Waals surface area contributed by atoms with Gasteiger partial charge in [0.25, 0.3) is 0 Å². The van der Waals surface area contributed by atoms with Gasteiger partial charge in [0.05, 0.1) is 12.0 Å². The van der Waals surface area contributed by atoms with Crippen molar-refractivity contribution in [2.24, 2.45) is 17.8 Å². The summed E-state index contributed by atoms with van der Waals surface area (Å²) in [6, 6.07) is 16.8. The summed E-state index contributed by atoms with van der Waals surface area (Å²) in [7, 11) is 0. The van der Waals surface area contributed by atoms with Crippen molar-refractivity contribution < 1.29 is 19.4 Å². The summed E-state index contributed by atoms with van der Waals surface area (Å²) in [5.74, 6) is 1.97. The van der Waals surface area contributed by atoms with Crippen molar-refractivity contribution in [2.45, 2.75) is 57.3 Å². The third-order valence-corrected chi connectivity index (χ3v) is 8.54. The van der Waals surface area contributed by atoms with E-state index in [0.717, 1.165) is 34.1 Å². The van der Waals surface area contributed by atoms with Gasteiger partial charge in [0.2, 0.25) is 0 Å². The van der Waals surface area contributed by atoms with Crippen LogP contribution in [0.5, 0.6) is 5.75 Å². The van der Waals surface area contributed by atoms with Gasteiger partial charge in [-0.15, -0.1) is 0 Å². The van der Waals surface area contributed by atoms with E-state index >= 15 is 0 Å². The third kappa shape index (κ3) is 3.79. The lowest BCUT2D eigenvalue weighted by atomic mass is 9.47. The Kier molecular flexibility index (Phi) is 5.02. The number of carbonyl (C=O) groups excluding carboxylic acids is 1. The van der Waals surface area contributed by atoms with Gasteiger partial charge < -0.3 is 9.84 Å². The molecular weight excluding hydrogens is 424 g/mol. The molecule has 4 heteroatoms. The van der Waals surface area contributed by atoms with Crippen molar-refractivity contribution >= 4 is 22.7 Å². The van der Waals surface area contributed by atoms with Gasteiger partial charge in [-0.2, -0.15) is 0 Å². The minimum absolute atomic E-state index is 0.234. The molecule has 4 bridgehead atoms. The van der Waals surface area contributed by atoms with E-state index in [1.54, 1.807) is 36.4 Å². The molecule has 0 atom stereocenters. The van der Waals surface area contributed by atoms with Crippen LogP contribution >= 0.6 is 0 Å². The Balaban J connectivity index is 1.16. The number of carboxylic acids is 1. The van der Waals surface area contributed by atoms with Crippen LogP contribution in [0, 0.1) is 24.7 Å². The summed E-state index contributed by atoms with van der Waals surface area (Å²) in [4.78, 5) is 23.8. The van der Waals surface area contributed by atoms with Gasteiger partial charge >= 0.3 is 11.9 Å². The molecule has 0 saturated heterocycles. The fraction of sp³-hybridized carbons (Fsp3) is 0.400. The van der Waals surface area contributed by atoms with Crippen LogP contribution in [0.2, 0.25) is 0 Å². The van der Waals surface area contributed by atoms with Crippen LogP contribution in [0.15, 0.2) is 54.6 Å². The monoisotopic (exact) mass is 454 g/mol. The van der Waals surface area contributed by atoms with Crippen LogP contribution < -0.4 is 4.74 Å². The van der Waals surface area contributed by atoms with E-state index in [2.05, 4.69) is 25.1 Å². The summed E-state index contributed by atoms with van der Waals surface area (Å²) >= 11 is 0. The number of aromatic carboxylic acids is 1. The molecule has 34 heavy (non-hydrogen) atoms. The maximum absolute atomic E-state index is 12.7. The minimum Gasteiger partial charge on any atom is -0.478 e. The molecule has 4 nitrogen and oxygen atoms in total. The highest BCUT2D eigenvalue weighted by Gasteiger charge is 2.51. The maximum atomic E-state index is 12.7. The average Bonchev–Trinajstić information content (AvgIpc) is 2.77. The Morgan fingerprint density at radius 3 is 2.18 bits per heavy atom. The van der Waals surface area contributed by atoms with Crippen molar-refractivity contribution in [1.82, 2.24) is 0 Å². The molecule has 0 heterocycles. The van der Waals surface area contributed by atoms with Crippen LogP contribution in [-0.2, 0) is 16.6 Å². The van der Waals surface area contributed by atoms with E-state index < -0.39 is 5.97 Å². The molecule has 1 N–H and O–H groups in total. The first kappa shape index (κ1) is 21.4. The lowest BCUT2D eigenvalue weighted by molar-refractivity contribution is -0.133. The molecule has 4 saturated carbocycles. The smallest absolute Gasteiger partial charge is 0.335 e. The van der Waals surface area contributed by atoms with Crippen molar-refractivity contribution in [2.75, 3.05) is 0 Å². The molecule has 0 spiro atoms. The van der Waals surface area contributed by atoms with E-state index in [1.165, 1.54) is 49.7 Å². The predicted molar refractivity (Wildman–Crippen MR) is 131 cm³/mol. The molecule has 0 unspecified atom stereocenters. The molecule has 0 aromatic heterocycles. The number of carboxylic acid groups (broad SMARTS) is 1. The van der Waals surface area contributed by atoms with Gasteiger partial charge in [-0.1, -0.05) is 30.3 Å². The number of benzene rings is 3. The number of carbonyl (C=O) groups is 2. The Bertz CT molecular complexity index is 1270. The Hall–Kier alpha value is -3.14. The van der Waals surface area contributed by atoms with Crippen molar-refractivity contribution in [3.63, 3.8) is 0 Å². The SMILES string of the molecule is Cc1cc(CC(=O)Oc2ccc3cc(C(=O)O)ccc3c2)ccc1C12CC3CC(CC(C3)C1)C2. The Morgan fingerprint density at radius 1 is 0.882 bits per heavy atom. The van der Waals surface area contributed by atoms with Gasteiger partial charge in [0.1, 0.15) is 5.75 Å². The Morgan fingerprint density at radius 2 is 1.53 bits per heavy atom. The molecule has 0 aliphatic heterocycles. The van der Waals surface area contributed by atoms with Crippen molar-refractivity contribution in [3.8, 4) is 5.75 Å². The average molecular weight is 455 g/mol. The van der Waals surface area contributed by atoms with E-state index in [9.17, 15) is 9.59 Å². The second-order valence-corrected chi connectivity index (χ2v) is 11.0. The van der Waals surface area contributed by atoms with Gasteiger partial charge in [0.15, 0.2) is 0 Å². The van der Waals surface area contributed by atoms with E-state index in [4.69, 9.17) is 9.84 Å². The molecule has 7 rings (SSSR count). The standard InChI is InChI=1S/C30H30O4/c1-18-8-19(2-7-27(18)30-15-20-9-21(16-30)11-22(10-20)17-30)12-28(31)34-26-6-5-23-13-25(29(32)33)4-3-24(23)14-26/h2-8,13-14,20-22H,9-12,15-17H2,1H3,(H,32,33). The molecule has 4 fully saturated rings. The Labute approximate surface area is 199 Å². The zero-order chi connectivity index (χ0) is 23.4. The highest BCUT2D eigenvalue weighted by atomic mass is 16.5. The number of fused-ring (bicyclic) bond motifs is 1. The number of aryl methyl sites for hydroxylation is 1. The quantitative estimate of drug-likeness (QED) is 0.355. The van der Waals surface area contributed by atoms with Crippen molar-refractivity contribution in [1.29, 1.82) is 0 Å². The topological polar surface area (TPSA) is 63.6 Å². The molecule has 0 radical (unpaired) electrons. The summed E-state index contributed by atoms with van der Waals surface area (Å²) in [6.45, 7) is 2.21. The van der Waals surface area contributed by atoms with Crippen LogP contribution in [0.3, 0.4) is 0 Å². The van der Waals surface area contributed by atoms with Crippen LogP contribution in [-0.4, -0.2) is 17.0 Å². The molecule has 4 aliphatic rings. The third-order valence-electron chi connectivity index (χ3n) is 8.54. The van der Waals surface area contributed by atoms with Crippen LogP contribution in [0.4, 0.5) is 0 Å². The first-order chi connectivity index (χ1) is 16.4. The fourth-order valence-corrected chi connectivity index (χ4v) is 7.63. The normalized spacial score (nSPS) is 27.1. The second-order valence-electron chi connectivity index (χ2n) is 11.0. The van der Waals surface area contributed by atoms with E-state index in [0.29, 0.717) is 11.2 Å². The second kappa shape index (κ2) is 7.97. The molecule has 0 amide bonds. The lowest BCUT2D eigenvalue weighted by Crippen LogP contribution is -2.48. The fourth-order valence-electron chi connectivity index (χ4n) is 7.63. The summed E-state index contributed by atoms with van der Waals surface area (Å²) in [5, 5.41) is 10.8. The molecule has 3 aromatic carbocycles. The van der Waals surface area contributed by atoms with Gasteiger partial charge in [-0.3, -0.25) is 4.79 Å². The highest BCUT2D eigenvalue weighted by molar-refractivity contribution is 5.95. The number of esters is 1. The lowest BCUT2D eigenvalue weighted by Gasteiger charge is -2.57. The predicted octanol–water partition coefficient (Wildman–Crippen LogP) is 6.46. The number of ether oxygens (including phenoxy) is 1. The van der Waals surface area contributed by atoms with Crippen LogP contribution in [0.1, 0.15) is 65.6 Å². The molecule has 174 valence electrons. The summed E-state index contributed by atoms with van der Waals surface area (Å²) in [5.41, 5.74) is 4.42. The van der Waals surface area contributed by atoms with Gasteiger partial charge in [-0.25, -0.2) is 4.79 Å². The first-order valence-electron chi connectivity index (χ1n) is 12.4. The molecule has 3 aromatic rings. The molecular formula is C30H30O4. The first-order valence-corrected chi connectivity index (χ1v) is 12.4. The van der Waals surface area contributed by atoms with E-state index in [1.807, 2.05) is 0 Å². The minimum atomic E-state index is -0.957. The number of hydrogen-bond acceptors (Lipinski definition) is 3. The van der Waals surface area contributed by atoms with Crippen molar-refractivity contribution in [3.05, 3.63) is 76.9 Å². The van der Waals surface area contributed by atoms with Gasteiger partial charge in [-0.05, 0) is 120 Å². The zero-order valence-electron chi connectivity index (χ0n) is 19.5. The maximum Gasteiger partial charge on any atom is 0.335 e. The number of rotatable bonds is 5. The summed E-state index contributed by atoms with van der Waals surface area (Å²) in [6.07, 6.45) is 8.59. The highest BCUT2D eigenvalue weighted by Crippen LogP contribution is 2.61.